The Morgan fingerprint density at radius 1 is 1.16 bits per heavy atom. The van der Waals surface area contributed by atoms with Crippen LogP contribution in [-0.4, -0.2) is 34.7 Å². The highest BCUT2D eigenvalue weighted by molar-refractivity contribution is 7.80. The standard InChI is InChI=1S/C24H31Cl2N5S/c1-17-7-6-12-31(15-17)21-14-20(26)28-22(29-21)30-23(32)27-16-24(10-3-2-4-11-24)18-8-5-9-19(25)13-18/h5,8-9,13-14,17H,2-4,6-7,10-12,15-16H2,1H3,(H2,27,28,29,30,32)/t17-/m1/s1. The number of nitrogens with one attached hydrogen (secondary N) is 2. The summed E-state index contributed by atoms with van der Waals surface area (Å²) >= 11 is 18.2. The van der Waals surface area contributed by atoms with E-state index in [-0.39, 0.29) is 5.41 Å². The van der Waals surface area contributed by atoms with Crippen molar-refractivity contribution in [3.63, 3.8) is 0 Å². The van der Waals surface area contributed by atoms with Crippen molar-refractivity contribution in [1.82, 2.24) is 15.3 Å². The Bertz CT molecular complexity index is 948. The van der Waals surface area contributed by atoms with Gasteiger partial charge in [-0.3, -0.25) is 0 Å². The lowest BCUT2D eigenvalue weighted by atomic mass is 9.69. The predicted molar refractivity (Wildman–Crippen MR) is 138 cm³/mol. The van der Waals surface area contributed by atoms with E-state index in [0.717, 1.165) is 49.7 Å². The number of thiocarbonyl (C=S) groups is 1. The predicted octanol–water partition coefficient (Wildman–Crippen LogP) is 6.21. The zero-order valence-electron chi connectivity index (χ0n) is 18.5. The van der Waals surface area contributed by atoms with E-state index in [9.17, 15) is 0 Å². The number of aromatic nitrogens is 2. The summed E-state index contributed by atoms with van der Waals surface area (Å²) in [6.07, 6.45) is 8.35. The van der Waals surface area contributed by atoms with Crippen LogP contribution in [0.25, 0.3) is 0 Å². The smallest absolute Gasteiger partial charge is 0.232 e. The van der Waals surface area contributed by atoms with E-state index in [1.54, 1.807) is 0 Å². The molecule has 32 heavy (non-hydrogen) atoms. The molecule has 2 aromatic rings. The van der Waals surface area contributed by atoms with Gasteiger partial charge in [0.05, 0.1) is 0 Å². The monoisotopic (exact) mass is 491 g/mol. The molecule has 2 N–H and O–H groups in total. The molecule has 1 aromatic carbocycles. The summed E-state index contributed by atoms with van der Waals surface area (Å²) in [5.41, 5.74) is 1.31. The van der Waals surface area contributed by atoms with Crippen LogP contribution in [0.2, 0.25) is 10.2 Å². The van der Waals surface area contributed by atoms with Gasteiger partial charge in [-0.05, 0) is 61.5 Å². The van der Waals surface area contributed by atoms with Gasteiger partial charge in [-0.2, -0.15) is 4.98 Å². The summed E-state index contributed by atoms with van der Waals surface area (Å²) in [6.45, 7) is 4.99. The number of piperidine rings is 1. The van der Waals surface area contributed by atoms with E-state index in [0.29, 0.717) is 22.1 Å². The van der Waals surface area contributed by atoms with Crippen molar-refractivity contribution in [3.8, 4) is 0 Å². The van der Waals surface area contributed by atoms with E-state index in [1.807, 2.05) is 18.2 Å². The summed E-state index contributed by atoms with van der Waals surface area (Å²) in [4.78, 5) is 11.3. The van der Waals surface area contributed by atoms with Crippen LogP contribution in [0.4, 0.5) is 11.8 Å². The Balaban J connectivity index is 1.44. The number of nitrogens with zero attached hydrogens (tertiary/aromatic N) is 3. The SMILES string of the molecule is C[C@@H]1CCCN(c2cc(Cl)nc(NC(=S)NCC3(c4cccc(Cl)c4)CCCCC3)n2)C1. The zero-order valence-corrected chi connectivity index (χ0v) is 20.9. The van der Waals surface area contributed by atoms with Crippen molar-refractivity contribution in [2.75, 3.05) is 29.9 Å². The highest BCUT2D eigenvalue weighted by Crippen LogP contribution is 2.39. The molecule has 2 heterocycles. The molecule has 1 saturated carbocycles. The lowest BCUT2D eigenvalue weighted by Gasteiger charge is -2.38. The Morgan fingerprint density at radius 3 is 2.72 bits per heavy atom. The second-order valence-corrected chi connectivity index (χ2v) is 10.5. The Hall–Kier alpha value is -1.63. The number of hydrogen-bond donors (Lipinski definition) is 2. The summed E-state index contributed by atoms with van der Waals surface area (Å²) in [7, 11) is 0. The van der Waals surface area contributed by atoms with Gasteiger partial charge in [0.2, 0.25) is 5.95 Å². The number of rotatable bonds is 5. The molecular formula is C24H31Cl2N5S. The van der Waals surface area contributed by atoms with Crippen molar-refractivity contribution in [3.05, 3.63) is 46.1 Å². The van der Waals surface area contributed by atoms with Crippen LogP contribution in [0.15, 0.2) is 30.3 Å². The zero-order chi connectivity index (χ0) is 22.6. The van der Waals surface area contributed by atoms with Crippen LogP contribution in [0.5, 0.6) is 0 Å². The van der Waals surface area contributed by atoms with E-state index in [2.05, 4.69) is 44.6 Å². The van der Waals surface area contributed by atoms with E-state index >= 15 is 0 Å². The molecule has 8 heteroatoms. The fraction of sp³-hybridized carbons (Fsp3) is 0.542. The molecule has 0 spiro atoms. The lowest BCUT2D eigenvalue weighted by molar-refractivity contribution is 0.292. The largest absolute Gasteiger partial charge is 0.361 e. The van der Waals surface area contributed by atoms with Gasteiger partial charge in [0.1, 0.15) is 11.0 Å². The second kappa shape index (κ2) is 10.5. The van der Waals surface area contributed by atoms with Crippen molar-refractivity contribution in [2.24, 2.45) is 5.92 Å². The maximum atomic E-state index is 6.31. The van der Waals surface area contributed by atoms with Crippen molar-refractivity contribution in [1.29, 1.82) is 0 Å². The average Bonchev–Trinajstić information content (AvgIpc) is 2.78. The molecule has 0 amide bonds. The molecular weight excluding hydrogens is 461 g/mol. The highest BCUT2D eigenvalue weighted by atomic mass is 35.5. The van der Waals surface area contributed by atoms with Gasteiger partial charge in [0, 0.05) is 36.1 Å². The minimum absolute atomic E-state index is 0.0270. The minimum Gasteiger partial charge on any atom is -0.361 e. The van der Waals surface area contributed by atoms with Crippen LogP contribution < -0.4 is 15.5 Å². The van der Waals surface area contributed by atoms with Crippen molar-refractivity contribution < 1.29 is 0 Å². The molecule has 2 fully saturated rings. The third-order valence-electron chi connectivity index (χ3n) is 6.72. The summed E-state index contributed by atoms with van der Waals surface area (Å²) in [6, 6.07) is 10.1. The van der Waals surface area contributed by atoms with Gasteiger partial charge in [0.15, 0.2) is 5.11 Å². The Labute approximate surface area is 206 Å². The molecule has 0 bridgehead atoms. The van der Waals surface area contributed by atoms with Gasteiger partial charge < -0.3 is 15.5 Å². The molecule has 0 unspecified atom stereocenters. The summed E-state index contributed by atoms with van der Waals surface area (Å²) < 4.78 is 0. The molecule has 1 aliphatic heterocycles. The first-order valence-electron chi connectivity index (χ1n) is 11.5. The number of halogens is 2. The molecule has 5 nitrogen and oxygen atoms in total. The van der Waals surface area contributed by atoms with Gasteiger partial charge in [-0.1, -0.05) is 61.5 Å². The molecule has 1 saturated heterocycles. The molecule has 1 atom stereocenters. The van der Waals surface area contributed by atoms with Gasteiger partial charge in [-0.15, -0.1) is 0 Å². The first kappa shape index (κ1) is 23.5. The fourth-order valence-electron chi connectivity index (χ4n) is 5.03. The second-order valence-electron chi connectivity index (χ2n) is 9.22. The van der Waals surface area contributed by atoms with Crippen LogP contribution in [0.1, 0.15) is 57.4 Å². The lowest BCUT2D eigenvalue weighted by Crippen LogP contribution is -2.43. The topological polar surface area (TPSA) is 53.1 Å². The average molecular weight is 493 g/mol. The quantitative estimate of drug-likeness (QED) is 0.383. The van der Waals surface area contributed by atoms with Crippen LogP contribution in [-0.2, 0) is 5.41 Å². The van der Waals surface area contributed by atoms with Crippen molar-refractivity contribution >= 4 is 52.3 Å². The molecule has 2 aliphatic rings. The van der Waals surface area contributed by atoms with Crippen LogP contribution in [0.3, 0.4) is 0 Å². The van der Waals surface area contributed by atoms with Gasteiger partial charge in [-0.25, -0.2) is 4.98 Å². The number of anilines is 2. The molecule has 1 aliphatic carbocycles. The van der Waals surface area contributed by atoms with E-state index in [4.69, 9.17) is 35.4 Å². The Kier molecular flexibility index (Phi) is 7.74. The third-order valence-corrected chi connectivity index (χ3v) is 7.40. The van der Waals surface area contributed by atoms with Crippen molar-refractivity contribution in [2.45, 2.75) is 57.3 Å². The van der Waals surface area contributed by atoms with E-state index < -0.39 is 0 Å². The third kappa shape index (κ3) is 5.83. The number of benzene rings is 1. The normalized spacial score (nSPS) is 20.6. The maximum Gasteiger partial charge on any atom is 0.232 e. The van der Waals surface area contributed by atoms with E-state index in [1.165, 1.54) is 31.2 Å². The highest BCUT2D eigenvalue weighted by Gasteiger charge is 2.34. The first-order valence-corrected chi connectivity index (χ1v) is 12.7. The van der Waals surface area contributed by atoms with Gasteiger partial charge in [0.25, 0.3) is 0 Å². The molecule has 172 valence electrons. The number of hydrogen-bond acceptors (Lipinski definition) is 4. The molecule has 4 rings (SSSR count). The molecule has 1 aromatic heterocycles. The van der Waals surface area contributed by atoms with Gasteiger partial charge >= 0.3 is 0 Å². The fourth-order valence-corrected chi connectivity index (χ4v) is 5.56. The van der Waals surface area contributed by atoms with Crippen LogP contribution >= 0.6 is 35.4 Å². The Morgan fingerprint density at radius 2 is 1.97 bits per heavy atom. The summed E-state index contributed by atoms with van der Waals surface area (Å²) in [5, 5.41) is 8.29. The first-order chi connectivity index (χ1) is 15.4. The molecule has 0 radical (unpaired) electrons. The van der Waals surface area contributed by atoms with Crippen LogP contribution in [0, 0.1) is 5.92 Å². The summed E-state index contributed by atoms with van der Waals surface area (Å²) in [5.74, 6) is 1.93. The maximum absolute atomic E-state index is 6.31. The minimum atomic E-state index is 0.0270.